The summed E-state index contributed by atoms with van der Waals surface area (Å²) in [5, 5.41) is 3.36. The fourth-order valence-corrected chi connectivity index (χ4v) is 3.17. The van der Waals surface area contributed by atoms with Gasteiger partial charge >= 0.3 is 6.09 Å². The maximum atomic E-state index is 12.6. The van der Waals surface area contributed by atoms with Crippen LogP contribution in [0.3, 0.4) is 0 Å². The van der Waals surface area contributed by atoms with Crippen LogP contribution >= 0.6 is 0 Å². The lowest BCUT2D eigenvalue weighted by Gasteiger charge is -2.33. The molecular formula is C21H35N3O3. The minimum atomic E-state index is -0.506. The maximum Gasteiger partial charge on any atom is 0.416 e. The van der Waals surface area contributed by atoms with E-state index in [4.69, 9.17) is 14.5 Å². The molecule has 1 atom stereocenters. The highest BCUT2D eigenvalue weighted by molar-refractivity contribution is 5.88. The van der Waals surface area contributed by atoms with Gasteiger partial charge in [-0.25, -0.2) is 9.78 Å². The molecule has 1 amide bonds. The Morgan fingerprint density at radius 3 is 2.78 bits per heavy atom. The number of pyridine rings is 1. The summed E-state index contributed by atoms with van der Waals surface area (Å²) in [5.41, 5.74) is 1.67. The standard InChI is InChI=1S/C21H35N3O3/c1-16-11-14-24(20(25)27-21(2,3)4)19-18(16)10-9-17(23-19)8-6-7-12-22-13-15-26-5/h9-10,16,22H,6-8,11-15H2,1-5H3. The van der Waals surface area contributed by atoms with E-state index in [1.807, 2.05) is 20.8 Å². The number of nitrogens with zero attached hydrogens (tertiary/aromatic N) is 2. The summed E-state index contributed by atoms with van der Waals surface area (Å²) in [6.45, 7) is 11.1. The Balaban J connectivity index is 1.98. The highest BCUT2D eigenvalue weighted by atomic mass is 16.6. The molecule has 1 aromatic heterocycles. The van der Waals surface area contributed by atoms with E-state index in [0.29, 0.717) is 12.5 Å². The number of nitrogens with one attached hydrogen (secondary N) is 1. The van der Waals surface area contributed by atoms with Crippen molar-refractivity contribution in [2.24, 2.45) is 0 Å². The van der Waals surface area contributed by atoms with Gasteiger partial charge in [-0.05, 0) is 70.5 Å². The summed E-state index contributed by atoms with van der Waals surface area (Å²) in [5.74, 6) is 1.18. The van der Waals surface area contributed by atoms with E-state index in [2.05, 4.69) is 24.4 Å². The van der Waals surface area contributed by atoms with E-state index in [1.165, 1.54) is 0 Å². The third-order valence-corrected chi connectivity index (χ3v) is 4.67. The summed E-state index contributed by atoms with van der Waals surface area (Å²) < 4.78 is 10.6. The molecule has 0 bridgehead atoms. The summed E-state index contributed by atoms with van der Waals surface area (Å²) in [4.78, 5) is 19.2. The molecule has 0 radical (unpaired) electrons. The number of rotatable bonds is 8. The zero-order valence-corrected chi connectivity index (χ0v) is 17.5. The molecule has 2 heterocycles. The van der Waals surface area contributed by atoms with Gasteiger partial charge < -0.3 is 14.8 Å². The molecule has 1 aromatic rings. The lowest BCUT2D eigenvalue weighted by Crippen LogP contribution is -2.41. The third-order valence-electron chi connectivity index (χ3n) is 4.67. The minimum absolute atomic E-state index is 0.303. The van der Waals surface area contributed by atoms with Gasteiger partial charge in [-0.1, -0.05) is 13.0 Å². The molecule has 0 saturated carbocycles. The van der Waals surface area contributed by atoms with Gasteiger partial charge in [0.1, 0.15) is 11.4 Å². The highest BCUT2D eigenvalue weighted by Crippen LogP contribution is 2.34. The molecule has 0 fully saturated rings. The Kier molecular flexibility index (Phi) is 8.05. The molecule has 1 unspecified atom stereocenters. The molecule has 1 N–H and O–H groups in total. The van der Waals surface area contributed by atoms with Crippen LogP contribution in [0.4, 0.5) is 10.6 Å². The number of fused-ring (bicyclic) bond motifs is 1. The molecular weight excluding hydrogens is 342 g/mol. The van der Waals surface area contributed by atoms with Crippen molar-refractivity contribution >= 4 is 11.9 Å². The summed E-state index contributed by atoms with van der Waals surface area (Å²) in [6.07, 6.45) is 3.70. The quantitative estimate of drug-likeness (QED) is 0.696. The van der Waals surface area contributed by atoms with Crippen molar-refractivity contribution in [3.8, 4) is 0 Å². The van der Waals surface area contributed by atoms with Gasteiger partial charge in [-0.15, -0.1) is 0 Å². The van der Waals surface area contributed by atoms with Crippen molar-refractivity contribution in [3.63, 3.8) is 0 Å². The summed E-state index contributed by atoms with van der Waals surface area (Å²) >= 11 is 0. The maximum absolute atomic E-state index is 12.6. The molecule has 6 heteroatoms. The topological polar surface area (TPSA) is 63.7 Å². The number of anilines is 1. The lowest BCUT2D eigenvalue weighted by atomic mass is 9.93. The van der Waals surface area contributed by atoms with Gasteiger partial charge in [0.05, 0.1) is 6.61 Å². The van der Waals surface area contributed by atoms with E-state index in [1.54, 1.807) is 12.0 Å². The van der Waals surface area contributed by atoms with Crippen LogP contribution in [0.2, 0.25) is 0 Å². The summed E-state index contributed by atoms with van der Waals surface area (Å²) in [7, 11) is 1.71. The normalized spacial score (nSPS) is 16.9. The van der Waals surface area contributed by atoms with E-state index >= 15 is 0 Å². The molecule has 2 rings (SSSR count). The number of methoxy groups -OCH3 is 1. The van der Waals surface area contributed by atoms with Gasteiger partial charge in [0.2, 0.25) is 0 Å². The first-order valence-electron chi connectivity index (χ1n) is 10.0. The Bertz CT molecular complexity index is 613. The molecule has 1 aliphatic rings. The predicted octanol–water partition coefficient (Wildman–Crippen LogP) is 3.89. The van der Waals surface area contributed by atoms with Crippen LogP contribution in [0.15, 0.2) is 12.1 Å². The zero-order valence-electron chi connectivity index (χ0n) is 17.5. The van der Waals surface area contributed by atoms with E-state index in [-0.39, 0.29) is 6.09 Å². The number of hydrogen-bond donors (Lipinski definition) is 1. The minimum Gasteiger partial charge on any atom is -0.443 e. The summed E-state index contributed by atoms with van der Waals surface area (Å²) in [6, 6.07) is 4.24. The number of unbranched alkanes of at least 4 members (excludes halogenated alkanes) is 1. The molecule has 6 nitrogen and oxygen atoms in total. The molecule has 0 aromatic carbocycles. The fraction of sp³-hybridized carbons (Fsp3) is 0.714. The van der Waals surface area contributed by atoms with Crippen LogP contribution in [0.5, 0.6) is 0 Å². The van der Waals surface area contributed by atoms with Crippen molar-refractivity contribution in [2.75, 3.05) is 38.3 Å². The fourth-order valence-electron chi connectivity index (χ4n) is 3.17. The number of aromatic nitrogens is 1. The molecule has 0 aliphatic carbocycles. The van der Waals surface area contributed by atoms with E-state index in [9.17, 15) is 4.79 Å². The van der Waals surface area contributed by atoms with Crippen LogP contribution in [0, 0.1) is 0 Å². The van der Waals surface area contributed by atoms with Crippen LogP contribution in [0.1, 0.15) is 64.1 Å². The monoisotopic (exact) mass is 377 g/mol. The highest BCUT2D eigenvalue weighted by Gasteiger charge is 2.31. The van der Waals surface area contributed by atoms with Crippen LogP contribution in [-0.4, -0.2) is 50.0 Å². The molecule has 152 valence electrons. The molecule has 0 saturated heterocycles. The average Bonchev–Trinajstić information content (AvgIpc) is 2.59. The van der Waals surface area contributed by atoms with Crippen molar-refractivity contribution in [1.82, 2.24) is 10.3 Å². The Morgan fingerprint density at radius 1 is 1.30 bits per heavy atom. The Hall–Kier alpha value is -1.66. The number of carbonyl (C=O) groups excluding carboxylic acids is 1. The van der Waals surface area contributed by atoms with Crippen LogP contribution in [-0.2, 0) is 15.9 Å². The van der Waals surface area contributed by atoms with Gasteiger partial charge in [-0.2, -0.15) is 0 Å². The number of amides is 1. The average molecular weight is 378 g/mol. The zero-order chi connectivity index (χ0) is 19.9. The first-order chi connectivity index (χ1) is 12.8. The Morgan fingerprint density at radius 2 is 2.07 bits per heavy atom. The smallest absolute Gasteiger partial charge is 0.416 e. The van der Waals surface area contributed by atoms with Gasteiger partial charge in [-0.3, -0.25) is 4.90 Å². The van der Waals surface area contributed by atoms with Crippen LogP contribution < -0.4 is 10.2 Å². The molecule has 27 heavy (non-hydrogen) atoms. The van der Waals surface area contributed by atoms with Gasteiger partial charge in [0, 0.05) is 25.9 Å². The number of ether oxygens (including phenoxy) is 2. The van der Waals surface area contributed by atoms with Crippen molar-refractivity contribution in [1.29, 1.82) is 0 Å². The number of carbonyl (C=O) groups is 1. The molecule has 1 aliphatic heterocycles. The van der Waals surface area contributed by atoms with Gasteiger partial charge in [0.25, 0.3) is 0 Å². The van der Waals surface area contributed by atoms with E-state index < -0.39 is 5.60 Å². The first kappa shape index (κ1) is 21.6. The second-order valence-corrected chi connectivity index (χ2v) is 8.24. The Labute approximate surface area is 163 Å². The van der Waals surface area contributed by atoms with Crippen molar-refractivity contribution in [3.05, 3.63) is 23.4 Å². The van der Waals surface area contributed by atoms with Crippen molar-refractivity contribution < 1.29 is 14.3 Å². The number of aryl methyl sites for hydroxylation is 1. The van der Waals surface area contributed by atoms with Crippen molar-refractivity contribution in [2.45, 2.75) is 64.9 Å². The van der Waals surface area contributed by atoms with Crippen LogP contribution in [0.25, 0.3) is 0 Å². The SMILES string of the molecule is COCCNCCCCc1ccc2c(n1)N(C(=O)OC(C)(C)C)CCC2C. The predicted molar refractivity (Wildman–Crippen MR) is 109 cm³/mol. The largest absolute Gasteiger partial charge is 0.443 e. The lowest BCUT2D eigenvalue weighted by molar-refractivity contribution is 0.0575. The second-order valence-electron chi connectivity index (χ2n) is 8.24. The number of hydrogen-bond acceptors (Lipinski definition) is 5. The van der Waals surface area contributed by atoms with Gasteiger partial charge in [0.15, 0.2) is 0 Å². The third kappa shape index (κ3) is 6.78. The van der Waals surface area contributed by atoms with E-state index in [0.717, 1.165) is 62.5 Å². The first-order valence-corrected chi connectivity index (χ1v) is 10.0. The second kappa shape index (κ2) is 10.0. The molecule has 0 spiro atoms.